The van der Waals surface area contributed by atoms with Crippen molar-refractivity contribution in [3.05, 3.63) is 89.4 Å². The van der Waals surface area contributed by atoms with Crippen molar-refractivity contribution in [2.45, 2.75) is 44.2 Å². The number of carbonyl (C=O) groups is 2. The molecule has 1 heterocycles. The lowest BCUT2D eigenvalue weighted by atomic mass is 9.32. The first kappa shape index (κ1) is 23.9. The molecule has 0 saturated heterocycles. The fraction of sp³-hybridized carbons (Fsp3) is 0.300. The molecule has 1 aromatic heterocycles. The molecular weight excluding hydrogens is 507 g/mol. The number of carboxylic acid groups (broad SMARTS) is 1. The third kappa shape index (κ3) is 3.52. The van der Waals surface area contributed by atoms with Gasteiger partial charge >= 0.3 is 5.97 Å². The van der Waals surface area contributed by atoms with Gasteiger partial charge in [-0.25, -0.2) is 13.2 Å². The number of hydrogen-bond donors (Lipinski definition) is 2. The Morgan fingerprint density at radius 1 is 0.923 bits per heavy atom. The van der Waals surface area contributed by atoms with Gasteiger partial charge in [0.25, 0.3) is 5.91 Å². The normalized spacial score (nSPS) is 24.1. The first-order valence-corrected chi connectivity index (χ1v) is 12.9. The minimum Gasteiger partial charge on any atom is -0.481 e. The molecule has 0 spiro atoms. The minimum absolute atomic E-state index is 0.188. The highest BCUT2D eigenvalue weighted by atomic mass is 19.2. The number of aliphatic carboxylic acids is 1. The van der Waals surface area contributed by atoms with E-state index in [0.717, 1.165) is 30.5 Å². The van der Waals surface area contributed by atoms with Crippen LogP contribution in [-0.2, 0) is 11.3 Å². The van der Waals surface area contributed by atoms with Crippen molar-refractivity contribution in [2.75, 3.05) is 0 Å². The summed E-state index contributed by atoms with van der Waals surface area (Å²) < 4.78 is 42.8. The first-order chi connectivity index (χ1) is 18.6. The second-order valence-corrected chi connectivity index (χ2v) is 11.5. The lowest BCUT2D eigenvalue weighted by Gasteiger charge is -2.71. The van der Waals surface area contributed by atoms with Gasteiger partial charge in [0.05, 0.1) is 29.2 Å². The summed E-state index contributed by atoms with van der Waals surface area (Å²) in [4.78, 5) is 25.6. The zero-order valence-corrected chi connectivity index (χ0v) is 20.8. The van der Waals surface area contributed by atoms with E-state index in [0.29, 0.717) is 53.4 Å². The summed E-state index contributed by atoms with van der Waals surface area (Å²) in [5, 5.41) is 17.9. The van der Waals surface area contributed by atoms with Crippen LogP contribution >= 0.6 is 0 Å². The third-order valence-corrected chi connectivity index (χ3v) is 9.08. The van der Waals surface area contributed by atoms with Crippen molar-refractivity contribution in [3.8, 4) is 11.1 Å². The van der Waals surface area contributed by atoms with Crippen molar-refractivity contribution < 1.29 is 27.9 Å². The predicted molar refractivity (Wildman–Crippen MR) is 136 cm³/mol. The van der Waals surface area contributed by atoms with Crippen LogP contribution in [-0.4, -0.2) is 32.3 Å². The number of hydrogen-bond acceptors (Lipinski definition) is 3. The van der Waals surface area contributed by atoms with Gasteiger partial charge in [0.1, 0.15) is 5.82 Å². The number of amides is 1. The Balaban J connectivity index is 1.28. The Morgan fingerprint density at radius 2 is 1.64 bits per heavy atom. The standard InChI is InChI=1S/C30H24F3N3O3/c31-21-4-1-17(2-5-21)13-36-25-20(12-34-36)9-19(18-3-6-23(32)24(33)11-18)10-22(25)26(37)35-30(7-8-30)29-14-28(15-29,16-29)27(38)39/h1-6,9-12H,7-8,13-16H2,(H,35,37)(H,38,39). The largest absolute Gasteiger partial charge is 0.481 e. The lowest BCUT2D eigenvalue weighted by Crippen LogP contribution is -2.73. The molecule has 0 atom stereocenters. The molecule has 0 radical (unpaired) electrons. The summed E-state index contributed by atoms with van der Waals surface area (Å²) in [5.74, 6) is -3.39. The second kappa shape index (κ2) is 7.94. The molecule has 4 aliphatic rings. The van der Waals surface area contributed by atoms with Crippen LogP contribution in [0.4, 0.5) is 13.2 Å². The maximum Gasteiger partial charge on any atom is 0.309 e. The van der Waals surface area contributed by atoms with E-state index >= 15 is 0 Å². The quantitative estimate of drug-likeness (QED) is 0.321. The maximum absolute atomic E-state index is 14.1. The first-order valence-electron chi connectivity index (χ1n) is 12.9. The fourth-order valence-electron chi connectivity index (χ4n) is 6.85. The highest BCUT2D eigenvalue weighted by Gasteiger charge is 2.81. The van der Waals surface area contributed by atoms with Crippen molar-refractivity contribution >= 4 is 22.8 Å². The van der Waals surface area contributed by atoms with Crippen molar-refractivity contribution in [3.63, 3.8) is 0 Å². The zero-order valence-electron chi connectivity index (χ0n) is 20.8. The Hall–Kier alpha value is -4.14. The van der Waals surface area contributed by atoms with Gasteiger partial charge in [-0.2, -0.15) is 5.10 Å². The number of carbonyl (C=O) groups excluding carboxylic acids is 1. The summed E-state index contributed by atoms with van der Waals surface area (Å²) in [6.07, 6.45) is 4.90. The lowest BCUT2D eigenvalue weighted by molar-refractivity contribution is -0.236. The number of carboxylic acids is 1. The molecule has 4 aromatic rings. The predicted octanol–water partition coefficient (Wildman–Crippen LogP) is 5.69. The highest BCUT2D eigenvalue weighted by Crippen LogP contribution is 2.81. The van der Waals surface area contributed by atoms with Gasteiger partial charge in [0.2, 0.25) is 0 Å². The summed E-state index contributed by atoms with van der Waals surface area (Å²) in [6, 6.07) is 13.1. The van der Waals surface area contributed by atoms with Crippen LogP contribution in [0.3, 0.4) is 0 Å². The average molecular weight is 532 g/mol. The Kier molecular flexibility index (Phi) is 4.87. The molecule has 198 valence electrons. The van der Waals surface area contributed by atoms with E-state index < -0.39 is 28.6 Å². The average Bonchev–Trinajstić information content (AvgIpc) is 3.50. The van der Waals surface area contributed by atoms with E-state index in [1.165, 1.54) is 18.2 Å². The van der Waals surface area contributed by atoms with E-state index in [1.54, 1.807) is 35.1 Å². The number of fused-ring (bicyclic) bond motifs is 1. The van der Waals surface area contributed by atoms with Crippen LogP contribution < -0.4 is 5.32 Å². The van der Waals surface area contributed by atoms with Crippen molar-refractivity contribution in [2.24, 2.45) is 10.8 Å². The molecule has 9 heteroatoms. The Bertz CT molecular complexity index is 1670. The number of benzene rings is 3. The van der Waals surface area contributed by atoms with Gasteiger partial charge in [-0.05, 0) is 90.6 Å². The molecule has 6 nitrogen and oxygen atoms in total. The summed E-state index contributed by atoms with van der Waals surface area (Å²) in [6.45, 7) is 0.296. The summed E-state index contributed by atoms with van der Waals surface area (Å²) in [7, 11) is 0. The molecular formula is C30H24F3N3O3. The van der Waals surface area contributed by atoms with Gasteiger partial charge in [0, 0.05) is 10.9 Å². The Morgan fingerprint density at radius 3 is 2.28 bits per heavy atom. The molecule has 8 rings (SSSR count). The van der Waals surface area contributed by atoms with Gasteiger partial charge in [-0.1, -0.05) is 18.2 Å². The Labute approximate surface area is 221 Å². The number of aromatic nitrogens is 2. The van der Waals surface area contributed by atoms with E-state index in [4.69, 9.17) is 0 Å². The molecule has 1 amide bonds. The van der Waals surface area contributed by atoms with E-state index in [1.807, 2.05) is 0 Å². The molecule has 4 saturated carbocycles. The monoisotopic (exact) mass is 531 g/mol. The van der Waals surface area contributed by atoms with Gasteiger partial charge in [-0.3, -0.25) is 14.3 Å². The second-order valence-electron chi connectivity index (χ2n) is 11.5. The zero-order chi connectivity index (χ0) is 27.2. The summed E-state index contributed by atoms with van der Waals surface area (Å²) in [5.41, 5.74) is 1.38. The van der Waals surface area contributed by atoms with Crippen LogP contribution in [0.5, 0.6) is 0 Å². The van der Waals surface area contributed by atoms with Crippen LogP contribution in [0.1, 0.15) is 48.0 Å². The highest BCUT2D eigenvalue weighted by molar-refractivity contribution is 6.08. The van der Waals surface area contributed by atoms with E-state index in [2.05, 4.69) is 10.4 Å². The van der Waals surface area contributed by atoms with Crippen LogP contribution in [0.25, 0.3) is 22.0 Å². The molecule has 39 heavy (non-hydrogen) atoms. The number of halogens is 3. The number of rotatable bonds is 7. The van der Waals surface area contributed by atoms with Crippen molar-refractivity contribution in [1.82, 2.24) is 15.1 Å². The topological polar surface area (TPSA) is 84.2 Å². The minimum atomic E-state index is -0.987. The number of nitrogens with one attached hydrogen (secondary N) is 1. The van der Waals surface area contributed by atoms with Gasteiger partial charge in [-0.15, -0.1) is 0 Å². The molecule has 3 aromatic carbocycles. The fourth-order valence-corrected chi connectivity index (χ4v) is 6.85. The van der Waals surface area contributed by atoms with Crippen LogP contribution in [0, 0.1) is 28.3 Å². The van der Waals surface area contributed by atoms with Gasteiger partial charge < -0.3 is 10.4 Å². The SMILES string of the molecule is O=C(NC1(C23CC(C(=O)O)(C2)C3)CC1)c1cc(-c2ccc(F)c(F)c2)cc2cnn(Cc3ccc(F)cc3)c12. The molecule has 4 fully saturated rings. The van der Waals surface area contributed by atoms with Gasteiger partial charge in [0.15, 0.2) is 11.6 Å². The van der Waals surface area contributed by atoms with Crippen molar-refractivity contribution in [1.29, 1.82) is 0 Å². The number of nitrogens with zero attached hydrogens (tertiary/aromatic N) is 2. The third-order valence-electron chi connectivity index (χ3n) is 9.08. The molecule has 0 unspecified atom stereocenters. The molecule has 2 N–H and O–H groups in total. The summed E-state index contributed by atoms with van der Waals surface area (Å²) >= 11 is 0. The molecule has 0 aliphatic heterocycles. The molecule has 4 aliphatic carbocycles. The van der Waals surface area contributed by atoms with E-state index in [9.17, 15) is 27.9 Å². The van der Waals surface area contributed by atoms with Crippen LogP contribution in [0.2, 0.25) is 0 Å². The maximum atomic E-state index is 14.1. The smallest absolute Gasteiger partial charge is 0.309 e. The van der Waals surface area contributed by atoms with Crippen LogP contribution in [0.15, 0.2) is 60.8 Å². The van der Waals surface area contributed by atoms with E-state index in [-0.39, 0.29) is 17.1 Å². The molecule has 2 bridgehead atoms.